The first-order valence-corrected chi connectivity index (χ1v) is 10.2. The van der Waals surface area contributed by atoms with Crippen LogP contribution in [-0.4, -0.2) is 40.5 Å². The van der Waals surface area contributed by atoms with Crippen LogP contribution in [0.5, 0.6) is 5.75 Å². The van der Waals surface area contributed by atoms with Gasteiger partial charge in [0.05, 0.1) is 6.61 Å². The lowest BCUT2D eigenvalue weighted by Crippen LogP contribution is -2.19. The lowest BCUT2D eigenvalue weighted by Gasteiger charge is -2.15. The fraction of sp³-hybridized carbons (Fsp3) is 0.200. The molecule has 0 saturated heterocycles. The standard InChI is InChI=1S/C25H24N4O3/c1-17(16-31-3)32-22-14-19(5-4-18-6-7-23-20(12-18)8-10-26-23)13-21(15-22)25(30)27-24-9-11-29(2)28-24/h6-15,17,26H,16H2,1-3H3,(H,27,28,30)/t17-/m0/s1. The first-order chi connectivity index (χ1) is 15.5. The van der Waals surface area contributed by atoms with Gasteiger partial charge in [-0.15, -0.1) is 0 Å². The van der Waals surface area contributed by atoms with Crippen LogP contribution in [0.3, 0.4) is 0 Å². The van der Waals surface area contributed by atoms with E-state index in [0.717, 1.165) is 16.5 Å². The van der Waals surface area contributed by atoms with Gasteiger partial charge in [0.2, 0.25) is 0 Å². The molecule has 0 bridgehead atoms. The summed E-state index contributed by atoms with van der Waals surface area (Å²) in [6.07, 6.45) is 3.49. The van der Waals surface area contributed by atoms with E-state index in [-0.39, 0.29) is 12.0 Å². The molecule has 0 aliphatic heterocycles. The van der Waals surface area contributed by atoms with E-state index in [1.807, 2.05) is 43.5 Å². The second kappa shape index (κ2) is 9.41. The van der Waals surface area contributed by atoms with E-state index < -0.39 is 0 Å². The zero-order valence-electron chi connectivity index (χ0n) is 18.2. The van der Waals surface area contributed by atoms with Gasteiger partial charge in [-0.25, -0.2) is 0 Å². The Balaban J connectivity index is 1.64. The molecular formula is C25H24N4O3. The maximum Gasteiger partial charge on any atom is 0.257 e. The number of aromatic amines is 1. The highest BCUT2D eigenvalue weighted by Gasteiger charge is 2.12. The van der Waals surface area contributed by atoms with Gasteiger partial charge in [0, 0.05) is 60.2 Å². The summed E-state index contributed by atoms with van der Waals surface area (Å²) < 4.78 is 12.7. The van der Waals surface area contributed by atoms with Gasteiger partial charge in [-0.3, -0.25) is 9.48 Å². The molecular weight excluding hydrogens is 404 g/mol. The van der Waals surface area contributed by atoms with Crippen molar-refractivity contribution in [2.45, 2.75) is 13.0 Å². The zero-order valence-corrected chi connectivity index (χ0v) is 18.2. The molecule has 4 aromatic rings. The average Bonchev–Trinajstić information content (AvgIpc) is 3.40. The zero-order chi connectivity index (χ0) is 22.5. The van der Waals surface area contributed by atoms with Crippen molar-refractivity contribution in [1.82, 2.24) is 14.8 Å². The molecule has 0 spiro atoms. The summed E-state index contributed by atoms with van der Waals surface area (Å²) in [5, 5.41) is 8.09. The SMILES string of the molecule is COC[C@H](C)Oc1cc(C#Cc2ccc3[nH]ccc3c2)cc(C(=O)Nc2ccn(C)n2)c1. The van der Waals surface area contributed by atoms with Gasteiger partial charge in [0.1, 0.15) is 11.9 Å². The van der Waals surface area contributed by atoms with Crippen molar-refractivity contribution in [3.8, 4) is 17.6 Å². The molecule has 2 aromatic carbocycles. The predicted octanol–water partition coefficient (Wildman–Crippen LogP) is 3.97. The Hall–Kier alpha value is -4.02. The smallest absolute Gasteiger partial charge is 0.257 e. The van der Waals surface area contributed by atoms with E-state index in [0.29, 0.717) is 29.3 Å². The first kappa shape index (κ1) is 21.2. The highest BCUT2D eigenvalue weighted by atomic mass is 16.5. The van der Waals surface area contributed by atoms with Crippen LogP contribution in [0, 0.1) is 11.8 Å². The van der Waals surface area contributed by atoms with E-state index in [2.05, 4.69) is 27.2 Å². The number of carbonyl (C=O) groups excluding carboxylic acids is 1. The van der Waals surface area contributed by atoms with Crippen molar-refractivity contribution < 1.29 is 14.3 Å². The van der Waals surface area contributed by atoms with Crippen LogP contribution in [0.4, 0.5) is 5.82 Å². The van der Waals surface area contributed by atoms with Crippen molar-refractivity contribution >= 4 is 22.6 Å². The molecule has 1 amide bonds. The fourth-order valence-electron chi connectivity index (χ4n) is 3.32. The first-order valence-electron chi connectivity index (χ1n) is 10.2. The number of H-pyrrole nitrogens is 1. The van der Waals surface area contributed by atoms with E-state index in [9.17, 15) is 4.79 Å². The van der Waals surface area contributed by atoms with E-state index >= 15 is 0 Å². The van der Waals surface area contributed by atoms with Gasteiger partial charge >= 0.3 is 0 Å². The average molecular weight is 428 g/mol. The second-order valence-corrected chi connectivity index (χ2v) is 7.49. The van der Waals surface area contributed by atoms with Gasteiger partial charge in [-0.2, -0.15) is 5.10 Å². The molecule has 162 valence electrons. The second-order valence-electron chi connectivity index (χ2n) is 7.49. The van der Waals surface area contributed by atoms with Gasteiger partial charge < -0.3 is 19.8 Å². The van der Waals surface area contributed by atoms with Crippen LogP contribution in [0.1, 0.15) is 28.4 Å². The minimum atomic E-state index is -0.287. The molecule has 0 fully saturated rings. The molecule has 32 heavy (non-hydrogen) atoms. The summed E-state index contributed by atoms with van der Waals surface area (Å²) >= 11 is 0. The molecule has 2 aromatic heterocycles. The number of aromatic nitrogens is 3. The Kier molecular flexibility index (Phi) is 6.24. The Bertz CT molecular complexity index is 1310. The number of nitrogens with one attached hydrogen (secondary N) is 2. The van der Waals surface area contributed by atoms with Gasteiger partial charge in [0.15, 0.2) is 5.82 Å². The molecule has 2 heterocycles. The van der Waals surface area contributed by atoms with E-state index in [1.165, 1.54) is 0 Å². The number of fused-ring (bicyclic) bond motifs is 1. The number of ether oxygens (including phenoxy) is 2. The summed E-state index contributed by atoms with van der Waals surface area (Å²) in [4.78, 5) is 16.0. The number of benzene rings is 2. The number of nitrogens with zero attached hydrogens (tertiary/aromatic N) is 2. The monoisotopic (exact) mass is 428 g/mol. The summed E-state index contributed by atoms with van der Waals surface area (Å²) in [5.74, 6) is 7.07. The van der Waals surface area contributed by atoms with Crippen LogP contribution in [-0.2, 0) is 11.8 Å². The lowest BCUT2D eigenvalue weighted by atomic mass is 10.1. The Labute approximate surface area is 186 Å². The van der Waals surface area contributed by atoms with Crippen molar-refractivity contribution in [2.24, 2.45) is 7.05 Å². The van der Waals surface area contributed by atoms with Crippen molar-refractivity contribution in [3.05, 3.63) is 77.6 Å². The van der Waals surface area contributed by atoms with Crippen LogP contribution in [0.2, 0.25) is 0 Å². The quantitative estimate of drug-likeness (QED) is 0.456. The number of anilines is 1. The molecule has 1 atom stereocenters. The van der Waals surface area contributed by atoms with Crippen LogP contribution in [0.15, 0.2) is 60.9 Å². The van der Waals surface area contributed by atoms with Crippen molar-refractivity contribution in [3.63, 3.8) is 0 Å². The molecule has 0 radical (unpaired) electrons. The highest BCUT2D eigenvalue weighted by molar-refractivity contribution is 6.04. The number of hydrogen-bond acceptors (Lipinski definition) is 4. The summed E-state index contributed by atoms with van der Waals surface area (Å²) in [6.45, 7) is 2.34. The van der Waals surface area contributed by atoms with Gasteiger partial charge in [0.25, 0.3) is 5.91 Å². The number of hydrogen-bond donors (Lipinski definition) is 2. The number of rotatable bonds is 6. The van der Waals surface area contributed by atoms with Gasteiger partial charge in [-0.1, -0.05) is 11.8 Å². The van der Waals surface area contributed by atoms with E-state index in [1.54, 1.807) is 43.2 Å². The third-order valence-electron chi connectivity index (χ3n) is 4.77. The summed E-state index contributed by atoms with van der Waals surface area (Å²) in [6, 6.07) is 15.0. The van der Waals surface area contributed by atoms with E-state index in [4.69, 9.17) is 9.47 Å². The normalized spacial score (nSPS) is 11.6. The number of aryl methyl sites for hydroxylation is 1. The minimum Gasteiger partial charge on any atom is -0.488 e. The summed E-state index contributed by atoms with van der Waals surface area (Å²) in [7, 11) is 3.41. The molecule has 0 aliphatic carbocycles. The van der Waals surface area contributed by atoms with Crippen molar-refractivity contribution in [2.75, 3.05) is 19.0 Å². The molecule has 0 saturated carbocycles. The van der Waals surface area contributed by atoms with Crippen LogP contribution in [0.25, 0.3) is 10.9 Å². The number of methoxy groups -OCH3 is 1. The van der Waals surface area contributed by atoms with Crippen LogP contribution < -0.4 is 10.1 Å². The predicted molar refractivity (Wildman–Crippen MR) is 124 cm³/mol. The minimum absolute atomic E-state index is 0.175. The number of carbonyl (C=O) groups is 1. The van der Waals surface area contributed by atoms with Crippen molar-refractivity contribution in [1.29, 1.82) is 0 Å². The van der Waals surface area contributed by atoms with Gasteiger partial charge in [-0.05, 0) is 49.4 Å². The maximum atomic E-state index is 12.8. The highest BCUT2D eigenvalue weighted by Crippen LogP contribution is 2.20. The third-order valence-corrected chi connectivity index (χ3v) is 4.77. The molecule has 0 unspecified atom stereocenters. The molecule has 0 aliphatic rings. The third kappa shape index (κ3) is 5.17. The molecule has 7 heteroatoms. The number of amides is 1. The lowest BCUT2D eigenvalue weighted by molar-refractivity contribution is 0.0917. The fourth-order valence-corrected chi connectivity index (χ4v) is 3.32. The maximum absolute atomic E-state index is 12.8. The van der Waals surface area contributed by atoms with Crippen LogP contribution >= 0.6 is 0 Å². The molecule has 7 nitrogen and oxygen atoms in total. The topological polar surface area (TPSA) is 81.2 Å². The largest absolute Gasteiger partial charge is 0.488 e. The Morgan fingerprint density at radius 2 is 2.00 bits per heavy atom. The Morgan fingerprint density at radius 3 is 2.78 bits per heavy atom. The molecule has 4 rings (SSSR count). The molecule has 2 N–H and O–H groups in total. The Morgan fingerprint density at radius 1 is 1.16 bits per heavy atom. The summed E-state index contributed by atoms with van der Waals surface area (Å²) in [5.41, 5.74) is 3.05.